The summed E-state index contributed by atoms with van der Waals surface area (Å²) < 4.78 is 5.11. The number of anilines is 1. The number of carbonyl (C=O) groups is 1. The van der Waals surface area contributed by atoms with Crippen molar-refractivity contribution in [1.29, 1.82) is 0 Å². The number of hydrogen-bond acceptors (Lipinski definition) is 4. The van der Waals surface area contributed by atoms with Crippen LogP contribution in [0.1, 0.15) is 5.56 Å². The van der Waals surface area contributed by atoms with Gasteiger partial charge in [-0.15, -0.1) is 11.8 Å². The van der Waals surface area contributed by atoms with Gasteiger partial charge < -0.3 is 15.0 Å². The molecule has 0 bridgehead atoms. The largest absolute Gasteiger partial charge is 0.497 e. The first-order chi connectivity index (χ1) is 11.1. The number of ether oxygens (including phenoxy) is 1. The second kappa shape index (κ2) is 8.48. The highest BCUT2D eigenvalue weighted by molar-refractivity contribution is 8.00. The summed E-state index contributed by atoms with van der Waals surface area (Å²) in [5.74, 6) is 1.25. The molecule has 122 valence electrons. The number of amides is 1. The summed E-state index contributed by atoms with van der Waals surface area (Å²) in [6.45, 7) is 0.551. The first-order valence-corrected chi connectivity index (χ1v) is 8.37. The Hall–Kier alpha value is -2.14. The molecule has 0 heterocycles. The van der Waals surface area contributed by atoms with Crippen molar-refractivity contribution in [3.63, 3.8) is 0 Å². The van der Waals surface area contributed by atoms with Crippen molar-refractivity contribution in [1.82, 2.24) is 5.32 Å². The Morgan fingerprint density at radius 1 is 1.09 bits per heavy atom. The number of carbonyl (C=O) groups excluding carboxylic acids is 1. The number of nitrogens with zero attached hydrogens (tertiary/aromatic N) is 1. The average molecular weight is 330 g/mol. The van der Waals surface area contributed by atoms with Crippen LogP contribution >= 0.6 is 11.8 Å². The Morgan fingerprint density at radius 3 is 2.30 bits per heavy atom. The number of thioether (sulfide) groups is 1. The molecule has 0 saturated carbocycles. The van der Waals surface area contributed by atoms with Crippen LogP contribution in [0.2, 0.25) is 0 Å². The van der Waals surface area contributed by atoms with Crippen LogP contribution in [-0.2, 0) is 11.3 Å². The van der Waals surface area contributed by atoms with Crippen molar-refractivity contribution < 1.29 is 9.53 Å². The zero-order valence-electron chi connectivity index (χ0n) is 13.7. The fraction of sp³-hybridized carbons (Fsp3) is 0.278. The van der Waals surface area contributed by atoms with Crippen LogP contribution in [0.3, 0.4) is 0 Å². The minimum Gasteiger partial charge on any atom is -0.497 e. The van der Waals surface area contributed by atoms with E-state index in [9.17, 15) is 4.79 Å². The smallest absolute Gasteiger partial charge is 0.230 e. The summed E-state index contributed by atoms with van der Waals surface area (Å²) in [5, 5.41) is 2.94. The normalized spacial score (nSPS) is 10.2. The van der Waals surface area contributed by atoms with E-state index in [1.54, 1.807) is 7.11 Å². The molecule has 2 aromatic carbocycles. The van der Waals surface area contributed by atoms with Gasteiger partial charge in [0.05, 0.1) is 12.9 Å². The maximum absolute atomic E-state index is 11.9. The molecule has 1 N–H and O–H groups in total. The Morgan fingerprint density at radius 2 is 1.74 bits per heavy atom. The van der Waals surface area contributed by atoms with Crippen molar-refractivity contribution >= 4 is 23.4 Å². The SMILES string of the molecule is COc1ccc(SCC(=O)NCc2ccc(N(C)C)cc2)cc1. The van der Waals surface area contributed by atoms with Gasteiger partial charge in [-0.05, 0) is 42.0 Å². The maximum atomic E-state index is 11.9. The lowest BCUT2D eigenvalue weighted by molar-refractivity contribution is -0.118. The van der Waals surface area contributed by atoms with Gasteiger partial charge >= 0.3 is 0 Å². The van der Waals surface area contributed by atoms with E-state index in [0.29, 0.717) is 12.3 Å². The van der Waals surface area contributed by atoms with Gasteiger partial charge in [0.2, 0.25) is 5.91 Å². The molecular formula is C18H22N2O2S. The third kappa shape index (κ3) is 5.53. The Bertz CT molecular complexity index is 624. The molecule has 0 fully saturated rings. The average Bonchev–Trinajstić information content (AvgIpc) is 2.59. The predicted molar refractivity (Wildman–Crippen MR) is 96.3 cm³/mol. The number of rotatable bonds is 7. The highest BCUT2D eigenvalue weighted by atomic mass is 32.2. The summed E-state index contributed by atoms with van der Waals surface area (Å²) >= 11 is 1.51. The number of hydrogen-bond donors (Lipinski definition) is 1. The molecule has 0 unspecified atom stereocenters. The fourth-order valence-corrected chi connectivity index (χ4v) is 2.71. The zero-order valence-corrected chi connectivity index (χ0v) is 14.5. The molecule has 2 rings (SSSR count). The van der Waals surface area contributed by atoms with Crippen molar-refractivity contribution in [3.05, 3.63) is 54.1 Å². The first-order valence-electron chi connectivity index (χ1n) is 7.38. The van der Waals surface area contributed by atoms with Gasteiger partial charge in [0.1, 0.15) is 5.75 Å². The molecule has 4 nitrogen and oxygen atoms in total. The minimum atomic E-state index is 0.0301. The van der Waals surface area contributed by atoms with Gasteiger partial charge in [-0.25, -0.2) is 0 Å². The van der Waals surface area contributed by atoms with Gasteiger partial charge in [0, 0.05) is 31.2 Å². The van der Waals surface area contributed by atoms with Crippen LogP contribution in [0.4, 0.5) is 5.69 Å². The van der Waals surface area contributed by atoms with Crippen molar-refractivity contribution in [3.8, 4) is 5.75 Å². The fourth-order valence-electron chi connectivity index (χ4n) is 1.98. The van der Waals surface area contributed by atoms with E-state index in [4.69, 9.17) is 4.74 Å². The summed E-state index contributed by atoms with van der Waals surface area (Å²) in [6.07, 6.45) is 0. The number of nitrogens with one attached hydrogen (secondary N) is 1. The highest BCUT2D eigenvalue weighted by Gasteiger charge is 2.04. The summed E-state index contributed by atoms with van der Waals surface area (Å²) in [7, 11) is 5.65. The van der Waals surface area contributed by atoms with E-state index in [0.717, 1.165) is 21.9 Å². The van der Waals surface area contributed by atoms with Crippen molar-refractivity contribution in [2.45, 2.75) is 11.4 Å². The molecule has 0 aromatic heterocycles. The molecule has 0 aliphatic carbocycles. The quantitative estimate of drug-likeness (QED) is 0.792. The van der Waals surface area contributed by atoms with Crippen LogP contribution in [0, 0.1) is 0 Å². The van der Waals surface area contributed by atoms with Gasteiger partial charge in [0.25, 0.3) is 0 Å². The molecular weight excluding hydrogens is 308 g/mol. The molecule has 0 aliphatic rings. The van der Waals surface area contributed by atoms with Gasteiger partial charge in [0.15, 0.2) is 0 Å². The Labute approximate surface area is 141 Å². The maximum Gasteiger partial charge on any atom is 0.230 e. The molecule has 1 amide bonds. The minimum absolute atomic E-state index is 0.0301. The van der Waals surface area contributed by atoms with Crippen LogP contribution in [-0.4, -0.2) is 32.9 Å². The molecule has 23 heavy (non-hydrogen) atoms. The van der Waals surface area contributed by atoms with Crippen molar-refractivity contribution in [2.24, 2.45) is 0 Å². The third-order valence-corrected chi connectivity index (χ3v) is 4.38. The summed E-state index contributed by atoms with van der Waals surface area (Å²) in [6, 6.07) is 15.9. The topological polar surface area (TPSA) is 41.6 Å². The Balaban J connectivity index is 1.76. The second-order valence-corrected chi connectivity index (χ2v) is 6.35. The van der Waals surface area contributed by atoms with E-state index in [2.05, 4.69) is 5.32 Å². The third-order valence-electron chi connectivity index (χ3n) is 3.37. The molecule has 0 radical (unpaired) electrons. The zero-order chi connectivity index (χ0) is 16.7. The standard InChI is InChI=1S/C18H22N2O2S/c1-20(2)15-6-4-14(5-7-15)12-19-18(21)13-23-17-10-8-16(22-3)9-11-17/h4-11H,12-13H2,1-3H3,(H,19,21). The molecule has 0 aliphatic heterocycles. The van der Waals surface area contributed by atoms with Gasteiger partial charge in [-0.1, -0.05) is 12.1 Å². The lowest BCUT2D eigenvalue weighted by Gasteiger charge is -2.13. The van der Waals surface area contributed by atoms with Crippen LogP contribution in [0.25, 0.3) is 0 Å². The highest BCUT2D eigenvalue weighted by Crippen LogP contribution is 2.21. The van der Waals surface area contributed by atoms with E-state index >= 15 is 0 Å². The van der Waals surface area contributed by atoms with E-state index < -0.39 is 0 Å². The molecule has 5 heteroatoms. The molecule has 0 spiro atoms. The molecule has 0 saturated heterocycles. The monoisotopic (exact) mass is 330 g/mol. The van der Waals surface area contributed by atoms with Crippen molar-refractivity contribution in [2.75, 3.05) is 31.9 Å². The second-order valence-electron chi connectivity index (χ2n) is 5.30. The summed E-state index contributed by atoms with van der Waals surface area (Å²) in [5.41, 5.74) is 2.24. The first kappa shape index (κ1) is 17.2. The van der Waals surface area contributed by atoms with Gasteiger partial charge in [-0.2, -0.15) is 0 Å². The summed E-state index contributed by atoms with van der Waals surface area (Å²) in [4.78, 5) is 15.0. The Kier molecular flexibility index (Phi) is 6.35. The molecule has 2 aromatic rings. The number of methoxy groups -OCH3 is 1. The van der Waals surface area contributed by atoms with Crippen LogP contribution in [0.5, 0.6) is 5.75 Å². The van der Waals surface area contributed by atoms with E-state index in [1.807, 2.05) is 67.5 Å². The number of benzene rings is 2. The van der Waals surface area contributed by atoms with Crippen LogP contribution in [0.15, 0.2) is 53.4 Å². The predicted octanol–water partition coefficient (Wildman–Crippen LogP) is 3.17. The van der Waals surface area contributed by atoms with E-state index in [-0.39, 0.29) is 5.91 Å². The van der Waals surface area contributed by atoms with Gasteiger partial charge in [-0.3, -0.25) is 4.79 Å². The lowest BCUT2D eigenvalue weighted by atomic mass is 10.2. The lowest BCUT2D eigenvalue weighted by Crippen LogP contribution is -2.24. The molecule has 0 atom stereocenters. The van der Waals surface area contributed by atoms with E-state index in [1.165, 1.54) is 11.8 Å². The van der Waals surface area contributed by atoms with Crippen LogP contribution < -0.4 is 15.0 Å².